The number of rotatable bonds is 4. The molecule has 0 aliphatic heterocycles. The van der Waals surface area contributed by atoms with E-state index in [1.165, 1.54) is 5.56 Å². The average molecular weight is 241 g/mol. The van der Waals surface area contributed by atoms with Crippen molar-refractivity contribution in [2.24, 2.45) is 0 Å². The SMILES string of the molecule is COc1cccc(Nc2ccccc2C(C)C)c1. The fourth-order valence-electron chi connectivity index (χ4n) is 1.97. The van der Waals surface area contributed by atoms with Gasteiger partial charge in [-0.15, -0.1) is 0 Å². The van der Waals surface area contributed by atoms with E-state index in [1.54, 1.807) is 7.11 Å². The van der Waals surface area contributed by atoms with Gasteiger partial charge in [0, 0.05) is 17.4 Å². The van der Waals surface area contributed by atoms with Crippen LogP contribution < -0.4 is 10.1 Å². The summed E-state index contributed by atoms with van der Waals surface area (Å²) >= 11 is 0. The minimum Gasteiger partial charge on any atom is -0.497 e. The summed E-state index contributed by atoms with van der Waals surface area (Å²) in [7, 11) is 1.68. The lowest BCUT2D eigenvalue weighted by molar-refractivity contribution is 0.415. The van der Waals surface area contributed by atoms with Crippen LogP contribution in [0.2, 0.25) is 0 Å². The number of hydrogen-bond donors (Lipinski definition) is 1. The van der Waals surface area contributed by atoms with Gasteiger partial charge >= 0.3 is 0 Å². The first-order valence-electron chi connectivity index (χ1n) is 6.20. The number of para-hydroxylation sites is 1. The highest BCUT2D eigenvalue weighted by Crippen LogP contribution is 2.28. The fraction of sp³-hybridized carbons (Fsp3) is 0.250. The minimum absolute atomic E-state index is 0.499. The van der Waals surface area contributed by atoms with Crippen molar-refractivity contribution in [2.45, 2.75) is 19.8 Å². The first-order chi connectivity index (χ1) is 8.70. The van der Waals surface area contributed by atoms with E-state index in [0.29, 0.717) is 5.92 Å². The quantitative estimate of drug-likeness (QED) is 0.847. The molecule has 18 heavy (non-hydrogen) atoms. The Balaban J connectivity index is 2.28. The molecule has 2 nitrogen and oxygen atoms in total. The summed E-state index contributed by atoms with van der Waals surface area (Å²) in [6.45, 7) is 4.40. The topological polar surface area (TPSA) is 21.3 Å². The van der Waals surface area contributed by atoms with E-state index in [4.69, 9.17) is 4.74 Å². The second-order valence-electron chi connectivity index (χ2n) is 4.60. The molecule has 2 heteroatoms. The number of nitrogens with one attached hydrogen (secondary N) is 1. The lowest BCUT2D eigenvalue weighted by Crippen LogP contribution is -1.97. The lowest BCUT2D eigenvalue weighted by Gasteiger charge is -2.15. The van der Waals surface area contributed by atoms with Crippen LogP contribution in [0.25, 0.3) is 0 Å². The Labute approximate surface area is 109 Å². The van der Waals surface area contributed by atoms with Crippen LogP contribution in [-0.2, 0) is 0 Å². The zero-order valence-electron chi connectivity index (χ0n) is 11.1. The van der Waals surface area contributed by atoms with Gasteiger partial charge < -0.3 is 10.1 Å². The predicted molar refractivity (Wildman–Crippen MR) is 76.8 cm³/mol. The summed E-state index contributed by atoms with van der Waals surface area (Å²) in [5, 5.41) is 3.45. The molecule has 0 unspecified atom stereocenters. The molecule has 0 atom stereocenters. The molecule has 1 N–H and O–H groups in total. The van der Waals surface area contributed by atoms with E-state index in [0.717, 1.165) is 17.1 Å². The molecule has 0 amide bonds. The van der Waals surface area contributed by atoms with Gasteiger partial charge in [0.25, 0.3) is 0 Å². The monoisotopic (exact) mass is 241 g/mol. The summed E-state index contributed by atoms with van der Waals surface area (Å²) in [4.78, 5) is 0. The van der Waals surface area contributed by atoms with Crippen molar-refractivity contribution in [1.29, 1.82) is 0 Å². The van der Waals surface area contributed by atoms with E-state index >= 15 is 0 Å². The highest BCUT2D eigenvalue weighted by atomic mass is 16.5. The van der Waals surface area contributed by atoms with Crippen molar-refractivity contribution >= 4 is 11.4 Å². The van der Waals surface area contributed by atoms with Gasteiger partial charge in [0.05, 0.1) is 7.11 Å². The van der Waals surface area contributed by atoms with E-state index in [-0.39, 0.29) is 0 Å². The van der Waals surface area contributed by atoms with E-state index in [1.807, 2.05) is 30.3 Å². The Morgan fingerprint density at radius 3 is 2.50 bits per heavy atom. The molecule has 94 valence electrons. The Hall–Kier alpha value is -1.96. The van der Waals surface area contributed by atoms with Gasteiger partial charge in [0.1, 0.15) is 5.75 Å². The smallest absolute Gasteiger partial charge is 0.120 e. The summed E-state index contributed by atoms with van der Waals surface area (Å²) in [6.07, 6.45) is 0. The lowest BCUT2D eigenvalue weighted by atomic mass is 10.0. The summed E-state index contributed by atoms with van der Waals surface area (Å²) < 4.78 is 5.23. The summed E-state index contributed by atoms with van der Waals surface area (Å²) in [6, 6.07) is 16.4. The highest BCUT2D eigenvalue weighted by Gasteiger charge is 2.06. The van der Waals surface area contributed by atoms with Crippen LogP contribution in [0.15, 0.2) is 48.5 Å². The van der Waals surface area contributed by atoms with Crippen LogP contribution >= 0.6 is 0 Å². The normalized spacial score (nSPS) is 10.4. The Morgan fingerprint density at radius 1 is 1.00 bits per heavy atom. The largest absolute Gasteiger partial charge is 0.497 e. The molecular formula is C16H19NO. The van der Waals surface area contributed by atoms with Crippen molar-refractivity contribution in [3.8, 4) is 5.75 Å². The maximum atomic E-state index is 5.23. The molecular weight excluding hydrogens is 222 g/mol. The zero-order valence-corrected chi connectivity index (χ0v) is 11.1. The maximum absolute atomic E-state index is 5.23. The minimum atomic E-state index is 0.499. The Morgan fingerprint density at radius 2 is 1.78 bits per heavy atom. The standard InChI is InChI=1S/C16H19NO/c1-12(2)15-9-4-5-10-16(15)17-13-7-6-8-14(11-13)18-3/h4-12,17H,1-3H3. The number of methoxy groups -OCH3 is 1. The number of ether oxygens (including phenoxy) is 1. The Bertz CT molecular complexity index is 520. The molecule has 0 aromatic heterocycles. The van der Waals surface area contributed by atoms with E-state index in [2.05, 4.69) is 37.4 Å². The first kappa shape index (κ1) is 12.5. The van der Waals surface area contributed by atoms with Gasteiger partial charge in [-0.05, 0) is 29.7 Å². The molecule has 2 aromatic rings. The van der Waals surface area contributed by atoms with Crippen LogP contribution in [0.5, 0.6) is 5.75 Å². The molecule has 0 saturated carbocycles. The van der Waals surface area contributed by atoms with Crippen LogP contribution in [0, 0.1) is 0 Å². The Kier molecular flexibility index (Phi) is 3.88. The molecule has 0 bridgehead atoms. The third-order valence-electron chi connectivity index (χ3n) is 2.93. The van der Waals surface area contributed by atoms with Gasteiger partial charge in [-0.3, -0.25) is 0 Å². The van der Waals surface area contributed by atoms with E-state index in [9.17, 15) is 0 Å². The van der Waals surface area contributed by atoms with Gasteiger partial charge in [-0.1, -0.05) is 38.1 Å². The molecule has 0 heterocycles. The molecule has 2 aromatic carbocycles. The van der Waals surface area contributed by atoms with Crippen molar-refractivity contribution in [3.05, 3.63) is 54.1 Å². The summed E-state index contributed by atoms with van der Waals surface area (Å²) in [5.74, 6) is 1.36. The average Bonchev–Trinajstić information content (AvgIpc) is 2.39. The number of anilines is 2. The van der Waals surface area contributed by atoms with Gasteiger partial charge in [-0.25, -0.2) is 0 Å². The van der Waals surface area contributed by atoms with Crippen LogP contribution in [-0.4, -0.2) is 7.11 Å². The predicted octanol–water partition coefficient (Wildman–Crippen LogP) is 4.56. The third kappa shape index (κ3) is 2.83. The van der Waals surface area contributed by atoms with Crippen molar-refractivity contribution in [2.75, 3.05) is 12.4 Å². The van der Waals surface area contributed by atoms with Gasteiger partial charge in [-0.2, -0.15) is 0 Å². The molecule has 0 fully saturated rings. The van der Waals surface area contributed by atoms with Crippen LogP contribution in [0.3, 0.4) is 0 Å². The van der Waals surface area contributed by atoms with Crippen LogP contribution in [0.4, 0.5) is 11.4 Å². The van der Waals surface area contributed by atoms with Gasteiger partial charge in [0.2, 0.25) is 0 Å². The first-order valence-corrected chi connectivity index (χ1v) is 6.20. The second-order valence-corrected chi connectivity index (χ2v) is 4.60. The zero-order chi connectivity index (χ0) is 13.0. The van der Waals surface area contributed by atoms with Gasteiger partial charge in [0.15, 0.2) is 0 Å². The molecule has 2 rings (SSSR count). The fourth-order valence-corrected chi connectivity index (χ4v) is 1.97. The molecule has 0 spiro atoms. The highest BCUT2D eigenvalue weighted by molar-refractivity contribution is 5.64. The summed E-state index contributed by atoms with van der Waals surface area (Å²) in [5.41, 5.74) is 3.52. The molecule has 0 radical (unpaired) electrons. The van der Waals surface area contributed by atoms with Crippen molar-refractivity contribution in [3.63, 3.8) is 0 Å². The second kappa shape index (κ2) is 5.58. The third-order valence-corrected chi connectivity index (χ3v) is 2.93. The van der Waals surface area contributed by atoms with Crippen molar-refractivity contribution in [1.82, 2.24) is 0 Å². The van der Waals surface area contributed by atoms with Crippen LogP contribution in [0.1, 0.15) is 25.3 Å². The maximum Gasteiger partial charge on any atom is 0.120 e. The number of hydrogen-bond acceptors (Lipinski definition) is 2. The molecule has 0 aliphatic rings. The van der Waals surface area contributed by atoms with Crippen molar-refractivity contribution < 1.29 is 4.74 Å². The molecule has 0 aliphatic carbocycles. The molecule has 0 saturated heterocycles. The number of benzene rings is 2. The van der Waals surface area contributed by atoms with E-state index < -0.39 is 0 Å².